The van der Waals surface area contributed by atoms with Crippen molar-refractivity contribution >= 4 is 16.9 Å². The fourth-order valence-corrected chi connectivity index (χ4v) is 1.62. The molecule has 0 aliphatic rings. The molecule has 0 saturated heterocycles. The number of nitrogens with one attached hydrogen (secondary N) is 1. The van der Waals surface area contributed by atoms with E-state index in [1.165, 1.54) is 24.3 Å². The Kier molecular flexibility index (Phi) is 2.36. The third-order valence-electron chi connectivity index (χ3n) is 2.25. The molecular weight excluding hydrogens is 210 g/mol. The van der Waals surface area contributed by atoms with Crippen LogP contribution in [0.3, 0.4) is 0 Å². The summed E-state index contributed by atoms with van der Waals surface area (Å²) in [5, 5.41) is 18.6. The third-order valence-corrected chi connectivity index (χ3v) is 2.25. The van der Waals surface area contributed by atoms with Crippen LogP contribution in [0.1, 0.15) is 5.56 Å². The van der Waals surface area contributed by atoms with E-state index in [0.717, 1.165) is 0 Å². The van der Waals surface area contributed by atoms with Crippen molar-refractivity contribution < 1.29 is 15.0 Å². The van der Waals surface area contributed by atoms with Crippen molar-refractivity contribution in [3.05, 3.63) is 40.2 Å². The van der Waals surface area contributed by atoms with Gasteiger partial charge in [-0.05, 0) is 23.8 Å². The number of phenols is 1. The van der Waals surface area contributed by atoms with Gasteiger partial charge in [0.05, 0.1) is 6.42 Å². The van der Waals surface area contributed by atoms with Gasteiger partial charge in [-0.1, -0.05) is 0 Å². The second-order valence-electron chi connectivity index (χ2n) is 3.46. The fourth-order valence-electron chi connectivity index (χ4n) is 1.62. The Hall–Kier alpha value is -2.30. The number of carbonyl (C=O) groups is 1. The lowest BCUT2D eigenvalue weighted by Crippen LogP contribution is -2.09. The minimum Gasteiger partial charge on any atom is -0.508 e. The summed E-state index contributed by atoms with van der Waals surface area (Å²) in [5.41, 5.74) is 0.554. The molecular formula is C11H9NO4. The molecule has 3 N–H and O–H groups in total. The van der Waals surface area contributed by atoms with Crippen LogP contribution in [0.15, 0.2) is 29.1 Å². The molecule has 82 valence electrons. The van der Waals surface area contributed by atoms with Gasteiger partial charge in [0.1, 0.15) is 5.75 Å². The largest absolute Gasteiger partial charge is 0.508 e. The molecule has 0 aliphatic heterocycles. The molecule has 0 fully saturated rings. The van der Waals surface area contributed by atoms with Crippen LogP contribution in [0.2, 0.25) is 0 Å². The zero-order chi connectivity index (χ0) is 11.7. The van der Waals surface area contributed by atoms with Crippen molar-refractivity contribution in [2.24, 2.45) is 0 Å². The average molecular weight is 219 g/mol. The number of H-pyrrole nitrogens is 1. The molecule has 2 rings (SSSR count). The molecule has 0 bridgehead atoms. The lowest BCUT2D eigenvalue weighted by atomic mass is 10.1. The molecule has 1 aromatic carbocycles. The SMILES string of the molecule is O=C(O)Cc1cc(=O)[nH]c2ccc(O)cc12. The van der Waals surface area contributed by atoms with Crippen LogP contribution in [0.4, 0.5) is 0 Å². The molecule has 5 nitrogen and oxygen atoms in total. The van der Waals surface area contributed by atoms with Crippen LogP contribution in [0, 0.1) is 0 Å². The maximum absolute atomic E-state index is 11.3. The average Bonchev–Trinajstić information content (AvgIpc) is 2.18. The lowest BCUT2D eigenvalue weighted by molar-refractivity contribution is -0.136. The van der Waals surface area contributed by atoms with Crippen molar-refractivity contribution in [3.63, 3.8) is 0 Å². The van der Waals surface area contributed by atoms with Gasteiger partial charge in [-0.25, -0.2) is 0 Å². The molecule has 1 heterocycles. The van der Waals surface area contributed by atoms with Gasteiger partial charge in [-0.15, -0.1) is 0 Å². The Bertz CT molecular complexity index is 615. The summed E-state index contributed by atoms with van der Waals surface area (Å²) in [6.45, 7) is 0. The van der Waals surface area contributed by atoms with E-state index in [-0.39, 0.29) is 17.7 Å². The van der Waals surface area contributed by atoms with Crippen molar-refractivity contribution in [2.45, 2.75) is 6.42 Å². The fraction of sp³-hybridized carbons (Fsp3) is 0.0909. The first-order valence-electron chi connectivity index (χ1n) is 4.63. The Morgan fingerprint density at radius 3 is 2.75 bits per heavy atom. The van der Waals surface area contributed by atoms with E-state index in [4.69, 9.17) is 5.11 Å². The highest BCUT2D eigenvalue weighted by Gasteiger charge is 2.07. The van der Waals surface area contributed by atoms with Crippen LogP contribution >= 0.6 is 0 Å². The highest BCUT2D eigenvalue weighted by molar-refractivity contribution is 5.86. The normalized spacial score (nSPS) is 10.5. The molecule has 1 aromatic heterocycles. The van der Waals surface area contributed by atoms with Crippen LogP contribution < -0.4 is 5.56 Å². The maximum atomic E-state index is 11.3. The summed E-state index contributed by atoms with van der Waals surface area (Å²) >= 11 is 0. The number of phenolic OH excluding ortho intramolecular Hbond substituents is 1. The van der Waals surface area contributed by atoms with Crippen LogP contribution in [0.5, 0.6) is 5.75 Å². The number of aromatic nitrogens is 1. The van der Waals surface area contributed by atoms with E-state index in [2.05, 4.69) is 4.98 Å². The summed E-state index contributed by atoms with van der Waals surface area (Å²) in [7, 11) is 0. The minimum atomic E-state index is -1.02. The number of rotatable bonds is 2. The third kappa shape index (κ3) is 1.88. The molecule has 0 spiro atoms. The van der Waals surface area contributed by atoms with Gasteiger partial charge < -0.3 is 15.2 Å². The Morgan fingerprint density at radius 2 is 2.06 bits per heavy atom. The van der Waals surface area contributed by atoms with E-state index in [0.29, 0.717) is 16.5 Å². The first kappa shape index (κ1) is 10.2. The van der Waals surface area contributed by atoms with Crippen molar-refractivity contribution in [2.75, 3.05) is 0 Å². The number of aliphatic carboxylic acids is 1. The number of hydrogen-bond acceptors (Lipinski definition) is 3. The van der Waals surface area contributed by atoms with Gasteiger partial charge in [-0.2, -0.15) is 0 Å². The molecule has 2 aromatic rings. The molecule has 0 radical (unpaired) electrons. The Labute approximate surface area is 90.0 Å². The van der Waals surface area contributed by atoms with Gasteiger partial charge in [0.2, 0.25) is 5.56 Å². The summed E-state index contributed by atoms with van der Waals surface area (Å²) in [6.07, 6.45) is -0.246. The first-order chi connectivity index (χ1) is 7.56. The molecule has 0 atom stereocenters. The highest BCUT2D eigenvalue weighted by Crippen LogP contribution is 2.20. The summed E-state index contributed by atoms with van der Waals surface area (Å²) in [5.74, 6) is -0.985. The minimum absolute atomic E-state index is 0.0335. The van der Waals surface area contributed by atoms with E-state index in [1.54, 1.807) is 0 Å². The van der Waals surface area contributed by atoms with Crippen molar-refractivity contribution in [3.8, 4) is 5.75 Å². The monoisotopic (exact) mass is 219 g/mol. The molecule has 16 heavy (non-hydrogen) atoms. The van der Waals surface area contributed by atoms with Gasteiger partial charge in [0, 0.05) is 17.0 Å². The second-order valence-corrected chi connectivity index (χ2v) is 3.46. The zero-order valence-corrected chi connectivity index (χ0v) is 8.23. The number of aromatic hydroxyl groups is 1. The number of fused-ring (bicyclic) bond motifs is 1. The summed E-state index contributed by atoms with van der Waals surface area (Å²) in [6, 6.07) is 5.64. The standard InChI is InChI=1S/C11H9NO4/c13-7-1-2-9-8(5-7)6(4-11(15)16)3-10(14)12-9/h1-3,5,13H,4H2,(H,12,14)(H,15,16). The number of benzene rings is 1. The summed E-state index contributed by atoms with van der Waals surface area (Å²) in [4.78, 5) is 24.5. The molecule has 0 aliphatic carbocycles. The van der Waals surface area contributed by atoms with E-state index < -0.39 is 5.97 Å². The van der Waals surface area contributed by atoms with E-state index in [1.807, 2.05) is 0 Å². The maximum Gasteiger partial charge on any atom is 0.307 e. The van der Waals surface area contributed by atoms with Crippen molar-refractivity contribution in [1.82, 2.24) is 4.98 Å². The first-order valence-corrected chi connectivity index (χ1v) is 4.63. The van der Waals surface area contributed by atoms with Crippen LogP contribution in [-0.2, 0) is 11.2 Å². The predicted molar refractivity (Wildman–Crippen MR) is 57.6 cm³/mol. The summed E-state index contributed by atoms with van der Waals surface area (Å²) < 4.78 is 0. The molecule has 5 heteroatoms. The van der Waals surface area contributed by atoms with Gasteiger partial charge in [0.25, 0.3) is 0 Å². The quantitative estimate of drug-likeness (QED) is 0.698. The van der Waals surface area contributed by atoms with E-state index >= 15 is 0 Å². The number of carboxylic acids is 1. The number of hydrogen-bond donors (Lipinski definition) is 3. The smallest absolute Gasteiger partial charge is 0.307 e. The highest BCUT2D eigenvalue weighted by atomic mass is 16.4. The van der Waals surface area contributed by atoms with Crippen molar-refractivity contribution in [1.29, 1.82) is 0 Å². The van der Waals surface area contributed by atoms with Crippen LogP contribution in [-0.4, -0.2) is 21.2 Å². The lowest BCUT2D eigenvalue weighted by Gasteiger charge is -2.04. The number of carboxylic acid groups (broad SMARTS) is 1. The number of aromatic amines is 1. The van der Waals surface area contributed by atoms with Gasteiger partial charge in [-0.3, -0.25) is 9.59 Å². The van der Waals surface area contributed by atoms with Crippen LogP contribution in [0.25, 0.3) is 10.9 Å². The number of pyridine rings is 1. The molecule has 0 amide bonds. The Morgan fingerprint density at radius 1 is 1.31 bits per heavy atom. The molecule has 0 saturated carbocycles. The zero-order valence-electron chi connectivity index (χ0n) is 8.23. The molecule has 0 unspecified atom stereocenters. The topological polar surface area (TPSA) is 90.4 Å². The van der Waals surface area contributed by atoms with Gasteiger partial charge >= 0.3 is 5.97 Å². The Balaban J connectivity index is 2.74. The predicted octanol–water partition coefficient (Wildman–Crippen LogP) is 0.861. The van der Waals surface area contributed by atoms with E-state index in [9.17, 15) is 14.7 Å². The second kappa shape index (κ2) is 3.69. The van der Waals surface area contributed by atoms with Gasteiger partial charge in [0.15, 0.2) is 0 Å².